The number of rotatable bonds is 7. The number of hydrogen-bond donors (Lipinski definition) is 3. The summed E-state index contributed by atoms with van der Waals surface area (Å²) < 4.78 is 7.44. The molecule has 2 aromatic rings. The molecule has 3 N–H and O–H groups in total. The van der Waals surface area contributed by atoms with Crippen LogP contribution < -0.4 is 15.4 Å². The second-order valence-corrected chi connectivity index (χ2v) is 7.14. The number of aromatic nitrogens is 2. The summed E-state index contributed by atoms with van der Waals surface area (Å²) in [5.74, 6) is 0.476. The zero-order chi connectivity index (χ0) is 19.2. The first-order valence-corrected chi connectivity index (χ1v) is 9.51. The third kappa shape index (κ3) is 5.30. The molecular weight excluding hydrogens is 344 g/mol. The quantitative estimate of drug-likeness (QED) is 0.692. The Morgan fingerprint density at radius 1 is 1.37 bits per heavy atom. The molecule has 1 fully saturated rings. The van der Waals surface area contributed by atoms with Gasteiger partial charge in [0.05, 0.1) is 18.2 Å². The predicted molar refractivity (Wildman–Crippen MR) is 103 cm³/mol. The fourth-order valence-corrected chi connectivity index (χ4v) is 3.16. The molecule has 3 rings (SSSR count). The van der Waals surface area contributed by atoms with E-state index in [2.05, 4.69) is 15.7 Å². The standard InChI is InChI=1S/C20H28N4O3/c1-14(2)27-17-7-5-15(6-8-17)19(25)13-22-20(26)18-9-11-24(23-18)16-4-3-10-21-12-16/h5-9,11,14,16,19,21,25H,3-4,10,12-13H2,1-2H3,(H,22,26). The van der Waals surface area contributed by atoms with Crippen LogP contribution in [-0.4, -0.2) is 46.5 Å². The Morgan fingerprint density at radius 2 is 2.15 bits per heavy atom. The highest BCUT2D eigenvalue weighted by atomic mass is 16.5. The summed E-state index contributed by atoms with van der Waals surface area (Å²) in [5, 5.41) is 20.8. The highest BCUT2D eigenvalue weighted by Gasteiger charge is 2.18. The zero-order valence-corrected chi connectivity index (χ0v) is 15.9. The molecule has 1 aromatic carbocycles. The predicted octanol–water partition coefficient (Wildman–Crippen LogP) is 2.06. The summed E-state index contributed by atoms with van der Waals surface area (Å²) >= 11 is 0. The van der Waals surface area contributed by atoms with Crippen molar-refractivity contribution < 1.29 is 14.6 Å². The van der Waals surface area contributed by atoms with Crippen molar-refractivity contribution in [3.8, 4) is 5.75 Å². The van der Waals surface area contributed by atoms with E-state index in [1.54, 1.807) is 18.2 Å². The summed E-state index contributed by atoms with van der Waals surface area (Å²) in [6.07, 6.45) is 3.33. The lowest BCUT2D eigenvalue weighted by Gasteiger charge is -2.22. The molecule has 7 heteroatoms. The van der Waals surface area contributed by atoms with Gasteiger partial charge in [-0.2, -0.15) is 5.10 Å². The minimum absolute atomic E-state index is 0.101. The Balaban J connectivity index is 1.51. The molecule has 1 aliphatic rings. The fraction of sp³-hybridized carbons (Fsp3) is 0.500. The lowest BCUT2D eigenvalue weighted by Crippen LogP contribution is -2.32. The van der Waals surface area contributed by atoms with Gasteiger partial charge < -0.3 is 20.5 Å². The van der Waals surface area contributed by atoms with Gasteiger partial charge in [0, 0.05) is 19.3 Å². The van der Waals surface area contributed by atoms with E-state index in [4.69, 9.17) is 4.74 Å². The molecule has 2 heterocycles. The molecule has 2 atom stereocenters. The van der Waals surface area contributed by atoms with Gasteiger partial charge in [-0.25, -0.2) is 0 Å². The molecule has 0 radical (unpaired) electrons. The average Bonchev–Trinajstić information content (AvgIpc) is 3.17. The summed E-state index contributed by atoms with van der Waals surface area (Å²) in [5.41, 5.74) is 1.10. The van der Waals surface area contributed by atoms with E-state index in [0.29, 0.717) is 5.69 Å². The lowest BCUT2D eigenvalue weighted by atomic mass is 10.1. The van der Waals surface area contributed by atoms with Crippen molar-refractivity contribution in [1.82, 2.24) is 20.4 Å². The van der Waals surface area contributed by atoms with Crippen molar-refractivity contribution in [2.24, 2.45) is 0 Å². The third-order valence-electron chi connectivity index (χ3n) is 4.58. The summed E-state index contributed by atoms with van der Waals surface area (Å²) in [7, 11) is 0. The number of aliphatic hydroxyl groups is 1. The number of aliphatic hydroxyl groups excluding tert-OH is 1. The second kappa shape index (κ2) is 9.01. The highest BCUT2D eigenvalue weighted by molar-refractivity contribution is 5.92. The van der Waals surface area contributed by atoms with Gasteiger partial charge >= 0.3 is 0 Å². The normalized spacial score (nSPS) is 18.3. The van der Waals surface area contributed by atoms with Crippen LogP contribution in [-0.2, 0) is 0 Å². The molecule has 2 unspecified atom stereocenters. The van der Waals surface area contributed by atoms with Gasteiger partial charge in [-0.1, -0.05) is 12.1 Å². The van der Waals surface area contributed by atoms with Crippen LogP contribution in [0.4, 0.5) is 0 Å². The number of ether oxygens (including phenoxy) is 1. The Morgan fingerprint density at radius 3 is 2.81 bits per heavy atom. The SMILES string of the molecule is CC(C)Oc1ccc(C(O)CNC(=O)c2ccn(C3CCCNC3)n2)cc1. The van der Waals surface area contributed by atoms with E-state index in [-0.39, 0.29) is 24.6 Å². The van der Waals surface area contributed by atoms with Crippen molar-refractivity contribution in [1.29, 1.82) is 0 Å². The first-order valence-electron chi connectivity index (χ1n) is 9.51. The maximum absolute atomic E-state index is 12.3. The number of carbonyl (C=O) groups is 1. The van der Waals surface area contributed by atoms with Crippen molar-refractivity contribution in [2.45, 2.75) is 44.9 Å². The Kier molecular flexibility index (Phi) is 6.47. The molecule has 27 heavy (non-hydrogen) atoms. The van der Waals surface area contributed by atoms with Crippen LogP contribution in [0.15, 0.2) is 36.5 Å². The third-order valence-corrected chi connectivity index (χ3v) is 4.58. The number of nitrogens with one attached hydrogen (secondary N) is 2. The number of carbonyl (C=O) groups excluding carboxylic acids is 1. The zero-order valence-electron chi connectivity index (χ0n) is 15.9. The van der Waals surface area contributed by atoms with Crippen LogP contribution in [0, 0.1) is 0 Å². The number of hydrogen-bond acceptors (Lipinski definition) is 5. The summed E-state index contributed by atoms with van der Waals surface area (Å²) in [6, 6.07) is 9.26. The maximum Gasteiger partial charge on any atom is 0.271 e. The molecule has 1 aromatic heterocycles. The van der Waals surface area contributed by atoms with E-state index < -0.39 is 6.10 Å². The van der Waals surface area contributed by atoms with Crippen LogP contribution in [0.3, 0.4) is 0 Å². The first kappa shape index (κ1) is 19.4. The Hall–Kier alpha value is -2.38. The summed E-state index contributed by atoms with van der Waals surface area (Å²) in [4.78, 5) is 12.3. The smallest absolute Gasteiger partial charge is 0.271 e. The topological polar surface area (TPSA) is 88.4 Å². The molecule has 1 saturated heterocycles. The van der Waals surface area contributed by atoms with Gasteiger partial charge in [-0.3, -0.25) is 9.48 Å². The van der Waals surface area contributed by atoms with Gasteiger partial charge in [0.2, 0.25) is 0 Å². The largest absolute Gasteiger partial charge is 0.491 e. The van der Waals surface area contributed by atoms with Crippen molar-refractivity contribution in [2.75, 3.05) is 19.6 Å². The van der Waals surface area contributed by atoms with Gasteiger partial charge in [-0.05, 0) is 57.0 Å². The monoisotopic (exact) mass is 372 g/mol. The number of piperidine rings is 1. The fourth-order valence-electron chi connectivity index (χ4n) is 3.16. The average molecular weight is 372 g/mol. The summed E-state index contributed by atoms with van der Waals surface area (Å²) in [6.45, 7) is 5.96. The molecule has 1 aliphatic heterocycles. The minimum Gasteiger partial charge on any atom is -0.491 e. The molecule has 0 spiro atoms. The van der Waals surface area contributed by atoms with E-state index in [1.165, 1.54) is 0 Å². The minimum atomic E-state index is -0.785. The van der Waals surface area contributed by atoms with Crippen molar-refractivity contribution in [3.05, 3.63) is 47.8 Å². The van der Waals surface area contributed by atoms with Crippen LogP contribution in [0.25, 0.3) is 0 Å². The van der Waals surface area contributed by atoms with Crippen LogP contribution in [0.2, 0.25) is 0 Å². The number of amides is 1. The van der Waals surface area contributed by atoms with E-state index in [0.717, 1.165) is 37.2 Å². The molecule has 0 aliphatic carbocycles. The molecule has 0 saturated carbocycles. The van der Waals surface area contributed by atoms with Crippen LogP contribution in [0.5, 0.6) is 5.75 Å². The van der Waals surface area contributed by atoms with Crippen molar-refractivity contribution >= 4 is 5.91 Å². The maximum atomic E-state index is 12.3. The molecule has 146 valence electrons. The van der Waals surface area contributed by atoms with E-state index in [1.807, 2.05) is 36.9 Å². The van der Waals surface area contributed by atoms with Gasteiger partial charge in [-0.15, -0.1) is 0 Å². The van der Waals surface area contributed by atoms with Gasteiger partial charge in [0.25, 0.3) is 5.91 Å². The Bertz CT molecular complexity index is 736. The first-order chi connectivity index (χ1) is 13.0. The number of nitrogens with zero attached hydrogens (tertiary/aromatic N) is 2. The highest BCUT2D eigenvalue weighted by Crippen LogP contribution is 2.19. The Labute approximate surface area is 159 Å². The van der Waals surface area contributed by atoms with Crippen LogP contribution in [0.1, 0.15) is 54.9 Å². The van der Waals surface area contributed by atoms with Gasteiger partial charge in [0.15, 0.2) is 0 Å². The van der Waals surface area contributed by atoms with E-state index >= 15 is 0 Å². The lowest BCUT2D eigenvalue weighted by molar-refractivity contribution is 0.0910. The molecular formula is C20H28N4O3. The van der Waals surface area contributed by atoms with Crippen molar-refractivity contribution in [3.63, 3.8) is 0 Å². The van der Waals surface area contributed by atoms with E-state index in [9.17, 15) is 9.90 Å². The van der Waals surface area contributed by atoms with Crippen LogP contribution >= 0.6 is 0 Å². The molecule has 0 bridgehead atoms. The number of benzene rings is 1. The van der Waals surface area contributed by atoms with Gasteiger partial charge in [0.1, 0.15) is 11.4 Å². The molecule has 7 nitrogen and oxygen atoms in total. The molecule has 1 amide bonds. The second-order valence-electron chi connectivity index (χ2n) is 7.14.